The molecule has 0 atom stereocenters. The van der Waals surface area contributed by atoms with Gasteiger partial charge >= 0.3 is 5.97 Å². The maximum Gasteiger partial charge on any atom is 0.333 e. The summed E-state index contributed by atoms with van der Waals surface area (Å²) in [5.74, 6) is -1.62. The number of furan rings is 1. The Kier molecular flexibility index (Phi) is 11.9. The normalized spacial score (nSPS) is 12.0. The van der Waals surface area contributed by atoms with E-state index in [-0.39, 0.29) is 43.0 Å². The quantitative estimate of drug-likeness (QED) is 0.0707. The smallest absolute Gasteiger partial charge is 0.333 e. The predicted molar refractivity (Wildman–Crippen MR) is 225 cm³/mol. The van der Waals surface area contributed by atoms with Crippen LogP contribution in [0, 0.1) is 23.9 Å². The number of hydrogen-bond acceptors (Lipinski definition) is 6. The zero-order chi connectivity index (χ0) is 41.2. The molecule has 0 unspecified atom stereocenters. The van der Waals surface area contributed by atoms with Gasteiger partial charge in [0.25, 0.3) is 0 Å². The average molecular weight is 951 g/mol. The summed E-state index contributed by atoms with van der Waals surface area (Å²) in [4.78, 5) is 25.5. The summed E-state index contributed by atoms with van der Waals surface area (Å²) in [5, 5.41) is 11.5. The van der Waals surface area contributed by atoms with E-state index in [1.54, 1.807) is 50.2 Å². The van der Waals surface area contributed by atoms with Crippen molar-refractivity contribution in [1.82, 2.24) is 9.97 Å². The van der Waals surface area contributed by atoms with Gasteiger partial charge in [0.2, 0.25) is 0 Å². The third kappa shape index (κ3) is 9.19. The van der Waals surface area contributed by atoms with E-state index < -0.39 is 20.4 Å². The van der Waals surface area contributed by atoms with Crippen molar-refractivity contribution in [1.29, 1.82) is 0 Å². The van der Waals surface area contributed by atoms with Gasteiger partial charge in [0.15, 0.2) is 0 Å². The van der Waals surface area contributed by atoms with Gasteiger partial charge in [0.1, 0.15) is 11.4 Å². The van der Waals surface area contributed by atoms with Gasteiger partial charge in [-0.1, -0.05) is 123 Å². The molecule has 1 N–H and O–H groups in total. The van der Waals surface area contributed by atoms with Crippen LogP contribution in [0.4, 0.5) is 4.39 Å². The van der Waals surface area contributed by atoms with Gasteiger partial charge in [-0.2, -0.15) is 0 Å². The number of halogens is 1. The Labute approximate surface area is 349 Å². The maximum atomic E-state index is 13.5. The van der Waals surface area contributed by atoms with Crippen LogP contribution in [0.5, 0.6) is 0 Å². The second-order valence-corrected chi connectivity index (χ2v) is 19.8. The topological polar surface area (TPSA) is 85.5 Å². The van der Waals surface area contributed by atoms with Crippen LogP contribution in [-0.2, 0) is 31.4 Å². The van der Waals surface area contributed by atoms with Gasteiger partial charge in [-0.05, 0) is 69.1 Å². The molecule has 0 fully saturated rings. The van der Waals surface area contributed by atoms with Crippen LogP contribution in [0.3, 0.4) is 0 Å². The summed E-state index contributed by atoms with van der Waals surface area (Å²) in [5.41, 5.74) is 7.88. The number of hydrogen-bond donors (Lipinski definition) is 1. The molecule has 0 aliphatic heterocycles. The zero-order valence-electron chi connectivity index (χ0n) is 34.1. The number of fused-ring (bicyclic) bond motifs is 3. The van der Waals surface area contributed by atoms with E-state index in [0.717, 1.165) is 11.3 Å². The number of pyridine rings is 2. The molecule has 8 aromatic rings. The fourth-order valence-corrected chi connectivity index (χ4v) is 7.55. The van der Waals surface area contributed by atoms with Gasteiger partial charge in [0, 0.05) is 46.2 Å². The number of carbonyl (C=O) groups is 1. The Hall–Kier alpha value is -5.57. The van der Waals surface area contributed by atoms with Gasteiger partial charge in [-0.3, -0.25) is 4.79 Å². The number of nitrogens with zero attached hydrogens (tertiary/aromatic N) is 2. The summed E-state index contributed by atoms with van der Waals surface area (Å²) in [6.07, 6.45) is 1.96. The molecule has 289 valence electrons. The third-order valence-corrected chi connectivity index (χ3v) is 11.3. The van der Waals surface area contributed by atoms with E-state index in [2.05, 4.69) is 95.2 Å². The maximum absolute atomic E-state index is 13.5. The Morgan fingerprint density at radius 2 is 1.63 bits per heavy atom. The van der Waals surface area contributed by atoms with E-state index in [0.29, 0.717) is 44.3 Å². The van der Waals surface area contributed by atoms with Crippen molar-refractivity contribution in [2.24, 2.45) is 5.92 Å². The fraction of sp³-hybridized carbons (Fsp3) is 0.146. The molecule has 0 spiro atoms. The Bertz CT molecular complexity index is 2740. The van der Waals surface area contributed by atoms with Gasteiger partial charge in [-0.25, -0.2) is 9.65 Å². The first-order chi connectivity index (χ1) is 27.8. The molecule has 0 bridgehead atoms. The van der Waals surface area contributed by atoms with Gasteiger partial charge in [-0.15, -0.1) is 47.5 Å². The molecule has 0 aliphatic carbocycles. The second kappa shape index (κ2) is 17.7. The first-order valence-electron chi connectivity index (χ1n) is 19.3. The molecule has 3 heterocycles. The molecule has 0 saturated heterocycles. The van der Waals surface area contributed by atoms with Crippen molar-refractivity contribution in [2.45, 2.75) is 39.9 Å². The van der Waals surface area contributed by atoms with Crippen LogP contribution >= 0.6 is 0 Å². The Morgan fingerprint density at radius 1 is 0.860 bits per heavy atom. The predicted octanol–water partition coefficient (Wildman–Crippen LogP) is 11.8. The minimum absolute atomic E-state index is 0. The van der Waals surface area contributed by atoms with Crippen LogP contribution in [-0.4, -0.2) is 29.3 Å². The minimum atomic E-state index is -1.60. The molecule has 0 aliphatic rings. The average Bonchev–Trinajstić information content (AvgIpc) is 3.64. The summed E-state index contributed by atoms with van der Waals surface area (Å²) in [6.45, 7) is 10.6. The van der Waals surface area contributed by atoms with Crippen LogP contribution in [0.1, 0.15) is 32.5 Å². The van der Waals surface area contributed by atoms with Crippen molar-refractivity contribution in [3.05, 3.63) is 163 Å². The standard InChI is InChI=1S/C28H21FNO4.C20H20NSi.Ir/c1-16(2)14-17-12-13-30-24(15-17)21-10-11-23(28(31)34-32)25-22-5-3-4-20(26(22)33-27(21)25)18-6-8-19(29)9-7-18;1-22(2,3)19-12-13-20(21-15-19)18-11-7-10-17(14-18)16-8-5-4-6-9-16;/h3-9,11-13,15-16,32H,14H2,1-2H3;4-10,12-15H,1-3H3;/q2*-1;/i14D2;;. The van der Waals surface area contributed by atoms with Crippen LogP contribution in [0.15, 0.2) is 138 Å². The van der Waals surface area contributed by atoms with Gasteiger partial charge < -0.3 is 19.3 Å². The molecular formula is C48H41FIrN2O4Si-2. The molecule has 0 saturated carbocycles. The third-order valence-electron chi connectivity index (χ3n) is 9.32. The minimum Gasteiger partial charge on any atom is -0.500 e. The molecular weight excluding hydrogens is 908 g/mol. The fourth-order valence-electron chi connectivity index (χ4n) is 6.51. The molecule has 5 aromatic carbocycles. The molecule has 8 rings (SSSR count). The summed E-state index contributed by atoms with van der Waals surface area (Å²) >= 11 is 0. The first kappa shape index (κ1) is 38.3. The zero-order valence-corrected chi connectivity index (χ0v) is 35.5. The van der Waals surface area contributed by atoms with E-state index in [9.17, 15) is 9.18 Å². The van der Waals surface area contributed by atoms with Crippen molar-refractivity contribution in [2.75, 3.05) is 0 Å². The van der Waals surface area contributed by atoms with Gasteiger partial charge in [0.05, 0.1) is 13.7 Å². The Morgan fingerprint density at radius 3 is 2.32 bits per heavy atom. The van der Waals surface area contributed by atoms with E-state index in [4.69, 9.17) is 12.4 Å². The van der Waals surface area contributed by atoms with Crippen LogP contribution in [0.25, 0.3) is 66.7 Å². The van der Waals surface area contributed by atoms with E-state index in [1.807, 2.05) is 24.4 Å². The molecule has 6 nitrogen and oxygen atoms in total. The first-order valence-corrected chi connectivity index (χ1v) is 21.8. The van der Waals surface area contributed by atoms with Crippen molar-refractivity contribution < 1.29 is 46.6 Å². The molecule has 0 amide bonds. The van der Waals surface area contributed by atoms with Crippen molar-refractivity contribution in [3.63, 3.8) is 0 Å². The van der Waals surface area contributed by atoms with Crippen molar-refractivity contribution in [3.8, 4) is 44.8 Å². The van der Waals surface area contributed by atoms with Crippen molar-refractivity contribution >= 4 is 41.2 Å². The van der Waals surface area contributed by atoms with E-state index in [1.165, 1.54) is 40.7 Å². The summed E-state index contributed by atoms with van der Waals surface area (Å²) in [6, 6.07) is 43.3. The Balaban J connectivity index is 0.000000218. The molecule has 57 heavy (non-hydrogen) atoms. The summed E-state index contributed by atoms with van der Waals surface area (Å²) in [7, 11) is -1.29. The SMILES string of the molecule is C[Si](C)(C)c1ccc(-c2[c-]ccc(-c3ccccc3)c2)nc1.[2H]C([2H])(c1ccnc(-c2[c-]cc(C(=O)OO)c3c2oc2c(-c4ccc(F)cc4)cccc23)c1)C(C)C.[Ir]. The number of carbonyl (C=O) groups excluding carboxylic acids is 1. The second-order valence-electron chi connectivity index (χ2n) is 14.7. The van der Waals surface area contributed by atoms with Crippen LogP contribution < -0.4 is 5.19 Å². The number of para-hydroxylation sites is 1. The number of aromatic nitrogens is 2. The largest absolute Gasteiger partial charge is 0.500 e. The number of rotatable bonds is 8. The molecule has 3 aromatic heterocycles. The molecule has 1 radical (unpaired) electrons. The summed E-state index contributed by atoms with van der Waals surface area (Å²) < 4.78 is 36.8. The monoisotopic (exact) mass is 951 g/mol. The van der Waals surface area contributed by atoms with Crippen LogP contribution in [0.2, 0.25) is 19.6 Å². The number of benzene rings is 5. The molecule has 9 heteroatoms. The van der Waals surface area contributed by atoms with E-state index >= 15 is 0 Å².